The largest absolute Gasteiger partial charge is 0.378 e. The SMILES string of the molecule is CCOC1(c2nc(COC)c(CNC)s2)CCCC(C)C1. The zero-order valence-electron chi connectivity index (χ0n) is 13.7. The maximum Gasteiger partial charge on any atom is 0.125 e. The first kappa shape index (κ1) is 16.9. The molecule has 0 aromatic carbocycles. The Morgan fingerprint density at radius 2 is 2.29 bits per heavy atom. The summed E-state index contributed by atoms with van der Waals surface area (Å²) < 4.78 is 11.5. The van der Waals surface area contributed by atoms with Gasteiger partial charge in [-0.05, 0) is 39.2 Å². The Labute approximate surface area is 132 Å². The van der Waals surface area contributed by atoms with Crippen molar-refractivity contribution in [1.29, 1.82) is 0 Å². The smallest absolute Gasteiger partial charge is 0.125 e. The van der Waals surface area contributed by atoms with Crippen LogP contribution in [0, 0.1) is 5.92 Å². The van der Waals surface area contributed by atoms with Gasteiger partial charge in [-0.2, -0.15) is 0 Å². The summed E-state index contributed by atoms with van der Waals surface area (Å²) in [4.78, 5) is 6.17. The van der Waals surface area contributed by atoms with Crippen LogP contribution in [0.4, 0.5) is 0 Å². The quantitative estimate of drug-likeness (QED) is 0.837. The van der Waals surface area contributed by atoms with E-state index in [0.717, 1.165) is 36.7 Å². The summed E-state index contributed by atoms with van der Waals surface area (Å²) >= 11 is 1.79. The lowest BCUT2D eigenvalue weighted by Crippen LogP contribution is -2.35. The minimum atomic E-state index is -0.175. The zero-order valence-corrected chi connectivity index (χ0v) is 14.5. The molecule has 1 aliphatic rings. The lowest BCUT2D eigenvalue weighted by atomic mass is 9.79. The van der Waals surface area contributed by atoms with Gasteiger partial charge in [-0.15, -0.1) is 11.3 Å². The Morgan fingerprint density at radius 1 is 1.48 bits per heavy atom. The molecule has 1 N–H and O–H groups in total. The predicted octanol–water partition coefficient (Wildman–Crippen LogP) is 3.45. The fourth-order valence-corrected chi connectivity index (χ4v) is 4.55. The van der Waals surface area contributed by atoms with Crippen molar-refractivity contribution in [2.75, 3.05) is 20.8 Å². The maximum absolute atomic E-state index is 6.24. The van der Waals surface area contributed by atoms with Crippen LogP contribution in [0.1, 0.15) is 55.1 Å². The van der Waals surface area contributed by atoms with Gasteiger partial charge in [-0.1, -0.05) is 13.3 Å². The monoisotopic (exact) mass is 312 g/mol. The van der Waals surface area contributed by atoms with E-state index in [4.69, 9.17) is 14.5 Å². The molecular formula is C16H28N2O2S. The van der Waals surface area contributed by atoms with E-state index >= 15 is 0 Å². The second-order valence-corrected chi connectivity index (χ2v) is 7.06. The molecule has 1 fully saturated rings. The molecular weight excluding hydrogens is 284 g/mol. The van der Waals surface area contributed by atoms with E-state index in [1.54, 1.807) is 18.4 Å². The van der Waals surface area contributed by atoms with E-state index in [0.29, 0.717) is 12.5 Å². The van der Waals surface area contributed by atoms with Crippen LogP contribution in [0.2, 0.25) is 0 Å². The molecule has 2 rings (SSSR count). The average Bonchev–Trinajstić information content (AvgIpc) is 2.84. The number of hydrogen-bond donors (Lipinski definition) is 1. The number of nitrogens with one attached hydrogen (secondary N) is 1. The first-order valence-corrected chi connectivity index (χ1v) is 8.73. The molecule has 0 radical (unpaired) electrons. The topological polar surface area (TPSA) is 43.4 Å². The average molecular weight is 312 g/mol. The van der Waals surface area contributed by atoms with Gasteiger partial charge in [0.05, 0.1) is 12.3 Å². The number of methoxy groups -OCH3 is 1. The summed E-state index contributed by atoms with van der Waals surface area (Å²) in [5.74, 6) is 0.702. The van der Waals surface area contributed by atoms with Gasteiger partial charge >= 0.3 is 0 Å². The van der Waals surface area contributed by atoms with Crippen molar-refractivity contribution >= 4 is 11.3 Å². The highest BCUT2D eigenvalue weighted by atomic mass is 32.1. The molecule has 2 unspecified atom stereocenters. The molecule has 2 atom stereocenters. The van der Waals surface area contributed by atoms with Crippen molar-refractivity contribution in [1.82, 2.24) is 10.3 Å². The van der Waals surface area contributed by atoms with Gasteiger partial charge in [-0.3, -0.25) is 0 Å². The Morgan fingerprint density at radius 3 is 2.90 bits per heavy atom. The molecule has 1 aromatic rings. The van der Waals surface area contributed by atoms with Crippen molar-refractivity contribution in [2.45, 2.75) is 58.3 Å². The summed E-state index contributed by atoms with van der Waals surface area (Å²) in [6, 6.07) is 0. The van der Waals surface area contributed by atoms with Crippen LogP contribution < -0.4 is 5.32 Å². The molecule has 1 heterocycles. The molecule has 4 nitrogen and oxygen atoms in total. The molecule has 0 bridgehead atoms. The van der Waals surface area contributed by atoms with Crippen LogP contribution in [-0.4, -0.2) is 25.7 Å². The highest BCUT2D eigenvalue weighted by Crippen LogP contribution is 2.45. The predicted molar refractivity (Wildman–Crippen MR) is 86.5 cm³/mol. The summed E-state index contributed by atoms with van der Waals surface area (Å²) in [5.41, 5.74) is 0.884. The number of nitrogens with zero attached hydrogens (tertiary/aromatic N) is 1. The third-order valence-electron chi connectivity index (χ3n) is 4.16. The van der Waals surface area contributed by atoms with Crippen molar-refractivity contribution < 1.29 is 9.47 Å². The number of thiazole rings is 1. The number of hydrogen-bond acceptors (Lipinski definition) is 5. The molecule has 21 heavy (non-hydrogen) atoms. The molecule has 120 valence electrons. The molecule has 0 saturated heterocycles. The van der Waals surface area contributed by atoms with Crippen LogP contribution in [0.3, 0.4) is 0 Å². The van der Waals surface area contributed by atoms with E-state index in [1.165, 1.54) is 17.7 Å². The number of rotatable bonds is 7. The highest BCUT2D eigenvalue weighted by molar-refractivity contribution is 7.11. The molecule has 5 heteroatoms. The standard InChI is InChI=1S/C16H28N2O2S/c1-5-20-16(8-6-7-12(2)9-16)15-18-13(11-19-4)14(21-15)10-17-3/h12,17H,5-11H2,1-4H3. The van der Waals surface area contributed by atoms with Gasteiger partial charge in [0.15, 0.2) is 0 Å². The zero-order chi connectivity index (χ0) is 15.3. The summed E-state index contributed by atoms with van der Waals surface area (Å²) in [6.07, 6.45) is 4.69. The normalized spacial score (nSPS) is 26.2. The highest BCUT2D eigenvalue weighted by Gasteiger charge is 2.40. The summed E-state index contributed by atoms with van der Waals surface area (Å²) in [7, 11) is 3.69. The molecule has 0 amide bonds. The van der Waals surface area contributed by atoms with Gasteiger partial charge in [0.2, 0.25) is 0 Å². The second kappa shape index (κ2) is 7.68. The van der Waals surface area contributed by atoms with Gasteiger partial charge in [0, 0.05) is 25.1 Å². The molecule has 0 aliphatic heterocycles. The van der Waals surface area contributed by atoms with Gasteiger partial charge in [0.1, 0.15) is 10.6 Å². The number of aromatic nitrogens is 1. The van der Waals surface area contributed by atoms with E-state index in [1.807, 2.05) is 7.05 Å². The molecule has 1 aromatic heterocycles. The van der Waals surface area contributed by atoms with E-state index in [2.05, 4.69) is 19.2 Å². The van der Waals surface area contributed by atoms with Crippen LogP contribution in [-0.2, 0) is 28.2 Å². The summed E-state index contributed by atoms with van der Waals surface area (Å²) in [6.45, 7) is 6.57. The second-order valence-electron chi connectivity index (χ2n) is 5.98. The molecule has 1 aliphatic carbocycles. The Balaban J connectivity index is 2.33. The van der Waals surface area contributed by atoms with Crippen molar-refractivity contribution in [3.8, 4) is 0 Å². The minimum absolute atomic E-state index is 0.175. The van der Waals surface area contributed by atoms with Gasteiger partial charge < -0.3 is 14.8 Å². The van der Waals surface area contributed by atoms with Crippen LogP contribution in [0.25, 0.3) is 0 Å². The van der Waals surface area contributed by atoms with Crippen LogP contribution >= 0.6 is 11.3 Å². The molecule has 0 spiro atoms. The van der Waals surface area contributed by atoms with Crippen LogP contribution in [0.15, 0.2) is 0 Å². The van der Waals surface area contributed by atoms with Crippen molar-refractivity contribution in [3.63, 3.8) is 0 Å². The Bertz CT molecular complexity index is 422. The number of ether oxygens (including phenoxy) is 2. The van der Waals surface area contributed by atoms with E-state index in [-0.39, 0.29) is 5.60 Å². The third kappa shape index (κ3) is 3.83. The lowest BCUT2D eigenvalue weighted by Gasteiger charge is -2.38. The van der Waals surface area contributed by atoms with Gasteiger partial charge in [-0.25, -0.2) is 4.98 Å². The fourth-order valence-electron chi connectivity index (χ4n) is 3.29. The van der Waals surface area contributed by atoms with E-state index < -0.39 is 0 Å². The van der Waals surface area contributed by atoms with Gasteiger partial charge in [0.25, 0.3) is 0 Å². The summed E-state index contributed by atoms with van der Waals surface area (Å²) in [5, 5.41) is 4.37. The Hall–Kier alpha value is -0.490. The van der Waals surface area contributed by atoms with Crippen molar-refractivity contribution in [2.24, 2.45) is 5.92 Å². The van der Waals surface area contributed by atoms with Crippen LogP contribution in [0.5, 0.6) is 0 Å². The Kier molecular flexibility index (Phi) is 6.17. The fraction of sp³-hybridized carbons (Fsp3) is 0.812. The third-order valence-corrected chi connectivity index (χ3v) is 5.45. The molecule has 1 saturated carbocycles. The lowest BCUT2D eigenvalue weighted by molar-refractivity contribution is -0.0822. The maximum atomic E-state index is 6.24. The first-order chi connectivity index (χ1) is 10.1. The van der Waals surface area contributed by atoms with Crippen molar-refractivity contribution in [3.05, 3.63) is 15.6 Å². The first-order valence-electron chi connectivity index (χ1n) is 7.91. The van der Waals surface area contributed by atoms with E-state index in [9.17, 15) is 0 Å². The minimum Gasteiger partial charge on any atom is -0.378 e.